The first-order valence-corrected chi connectivity index (χ1v) is 4.98. The number of hydrogen-bond acceptors (Lipinski definition) is 4. The third-order valence-electron chi connectivity index (χ3n) is 2.67. The number of phenolic OH excluding ortho intramolecular Hbond substituents is 1. The first-order chi connectivity index (χ1) is 7.58. The van der Waals surface area contributed by atoms with Crippen LogP contribution >= 0.6 is 0 Å². The molecule has 0 amide bonds. The normalized spacial score (nSPS) is 23.1. The molecule has 2 unspecified atom stereocenters. The summed E-state index contributed by atoms with van der Waals surface area (Å²) in [6.07, 6.45) is 0.193. The quantitative estimate of drug-likeness (QED) is 0.690. The van der Waals surface area contributed by atoms with Gasteiger partial charge in [0, 0.05) is 6.04 Å². The zero-order valence-corrected chi connectivity index (χ0v) is 8.59. The van der Waals surface area contributed by atoms with Gasteiger partial charge < -0.3 is 20.7 Å². The van der Waals surface area contributed by atoms with E-state index in [1.54, 1.807) is 18.2 Å². The van der Waals surface area contributed by atoms with Crippen LogP contribution in [0.15, 0.2) is 18.2 Å². The standard InChI is InChI=1S/C11H13NO4/c12-9-3-6-1-2-7(13)4-8(6)11(9)16-5-10(14)15/h1-2,4,9,11,13H,3,5,12H2,(H,14,15). The number of aliphatic carboxylic acids is 1. The fourth-order valence-corrected chi connectivity index (χ4v) is 2.00. The van der Waals surface area contributed by atoms with Gasteiger partial charge in [0.1, 0.15) is 12.4 Å². The molecule has 1 aromatic carbocycles. The summed E-state index contributed by atoms with van der Waals surface area (Å²) < 4.78 is 5.22. The lowest BCUT2D eigenvalue weighted by molar-refractivity contribution is -0.144. The van der Waals surface area contributed by atoms with Gasteiger partial charge in [-0.2, -0.15) is 0 Å². The summed E-state index contributed by atoms with van der Waals surface area (Å²) in [5.41, 5.74) is 7.65. The van der Waals surface area contributed by atoms with Crippen LogP contribution in [0.1, 0.15) is 17.2 Å². The van der Waals surface area contributed by atoms with E-state index in [1.165, 1.54) is 0 Å². The van der Waals surface area contributed by atoms with Gasteiger partial charge in [0.2, 0.25) is 0 Å². The van der Waals surface area contributed by atoms with E-state index >= 15 is 0 Å². The van der Waals surface area contributed by atoms with E-state index in [9.17, 15) is 9.90 Å². The third kappa shape index (κ3) is 2.00. The minimum Gasteiger partial charge on any atom is -0.508 e. The monoisotopic (exact) mass is 223 g/mol. The van der Waals surface area contributed by atoms with E-state index in [1.807, 2.05) is 0 Å². The molecule has 1 aliphatic rings. The molecule has 0 heterocycles. The highest BCUT2D eigenvalue weighted by Gasteiger charge is 2.31. The van der Waals surface area contributed by atoms with Gasteiger partial charge in [-0.05, 0) is 29.7 Å². The Morgan fingerprint density at radius 2 is 2.31 bits per heavy atom. The molecule has 0 radical (unpaired) electrons. The van der Waals surface area contributed by atoms with Crippen molar-refractivity contribution < 1.29 is 19.7 Å². The van der Waals surface area contributed by atoms with E-state index in [0.717, 1.165) is 11.1 Å². The van der Waals surface area contributed by atoms with Crippen LogP contribution in [0.5, 0.6) is 5.75 Å². The summed E-state index contributed by atoms with van der Waals surface area (Å²) in [5, 5.41) is 17.9. The Morgan fingerprint density at radius 3 is 3.00 bits per heavy atom. The van der Waals surface area contributed by atoms with E-state index in [0.29, 0.717) is 6.42 Å². The van der Waals surface area contributed by atoms with E-state index in [2.05, 4.69) is 0 Å². The van der Waals surface area contributed by atoms with Gasteiger partial charge in [-0.25, -0.2) is 4.79 Å². The van der Waals surface area contributed by atoms with Crippen LogP contribution in [-0.4, -0.2) is 28.8 Å². The predicted molar refractivity (Wildman–Crippen MR) is 56.1 cm³/mol. The molecule has 4 N–H and O–H groups in total. The van der Waals surface area contributed by atoms with Crippen molar-refractivity contribution in [3.8, 4) is 5.75 Å². The molecule has 0 aromatic heterocycles. The molecule has 0 bridgehead atoms. The SMILES string of the molecule is NC1Cc2ccc(O)cc2C1OCC(=O)O. The molecule has 0 saturated heterocycles. The number of aromatic hydroxyl groups is 1. The molecule has 1 aliphatic carbocycles. The fourth-order valence-electron chi connectivity index (χ4n) is 2.00. The van der Waals surface area contributed by atoms with Crippen LogP contribution in [-0.2, 0) is 16.0 Å². The van der Waals surface area contributed by atoms with Crippen LogP contribution in [0.2, 0.25) is 0 Å². The number of hydrogen-bond donors (Lipinski definition) is 3. The van der Waals surface area contributed by atoms with Crippen LogP contribution < -0.4 is 5.73 Å². The summed E-state index contributed by atoms with van der Waals surface area (Å²) in [4.78, 5) is 10.4. The maximum atomic E-state index is 10.4. The Hall–Kier alpha value is -1.59. The number of ether oxygens (including phenoxy) is 1. The Balaban J connectivity index is 2.21. The minimum absolute atomic E-state index is 0.136. The Bertz CT molecular complexity index is 418. The molecule has 86 valence electrons. The van der Waals surface area contributed by atoms with Crippen molar-refractivity contribution in [3.05, 3.63) is 29.3 Å². The molecule has 0 spiro atoms. The molecule has 0 aliphatic heterocycles. The van der Waals surface area contributed by atoms with Crippen molar-refractivity contribution in [2.45, 2.75) is 18.6 Å². The number of nitrogens with two attached hydrogens (primary N) is 1. The summed E-state index contributed by atoms with van der Waals surface area (Å²) in [7, 11) is 0. The molecule has 0 saturated carbocycles. The average molecular weight is 223 g/mol. The molecular weight excluding hydrogens is 210 g/mol. The first-order valence-electron chi connectivity index (χ1n) is 4.98. The second kappa shape index (κ2) is 4.11. The minimum atomic E-state index is -1.03. The first kappa shape index (κ1) is 10.9. The maximum Gasteiger partial charge on any atom is 0.329 e. The van der Waals surface area contributed by atoms with E-state index in [4.69, 9.17) is 15.6 Å². The fraction of sp³-hybridized carbons (Fsp3) is 0.364. The van der Waals surface area contributed by atoms with E-state index < -0.39 is 12.1 Å². The predicted octanol–water partition coefficient (Wildman–Crippen LogP) is 0.418. The second-order valence-electron chi connectivity index (χ2n) is 3.88. The van der Waals surface area contributed by atoms with Crippen molar-refractivity contribution in [1.29, 1.82) is 0 Å². The molecule has 16 heavy (non-hydrogen) atoms. The van der Waals surface area contributed by atoms with Crippen molar-refractivity contribution in [2.24, 2.45) is 5.73 Å². The molecule has 5 nitrogen and oxygen atoms in total. The number of carboxylic acids is 1. The molecule has 2 atom stereocenters. The highest BCUT2D eigenvalue weighted by atomic mass is 16.5. The zero-order valence-electron chi connectivity index (χ0n) is 8.59. The van der Waals surface area contributed by atoms with Gasteiger partial charge in [-0.15, -0.1) is 0 Å². The topological polar surface area (TPSA) is 92.8 Å². The average Bonchev–Trinajstić information content (AvgIpc) is 2.51. The lowest BCUT2D eigenvalue weighted by atomic mass is 10.1. The maximum absolute atomic E-state index is 10.4. The highest BCUT2D eigenvalue weighted by Crippen LogP contribution is 2.35. The van der Waals surface area contributed by atoms with Gasteiger partial charge in [0.25, 0.3) is 0 Å². The summed E-state index contributed by atoms with van der Waals surface area (Å²) >= 11 is 0. The molecule has 5 heteroatoms. The van der Waals surface area contributed by atoms with Crippen LogP contribution in [0.4, 0.5) is 0 Å². The molecule has 2 rings (SSSR count). The molecule has 1 aromatic rings. The third-order valence-corrected chi connectivity index (χ3v) is 2.67. The van der Waals surface area contributed by atoms with Gasteiger partial charge in [-0.3, -0.25) is 0 Å². The molecular formula is C11H13NO4. The lowest BCUT2D eigenvalue weighted by Gasteiger charge is -2.16. The van der Waals surface area contributed by atoms with Gasteiger partial charge >= 0.3 is 5.97 Å². The largest absolute Gasteiger partial charge is 0.508 e. The smallest absolute Gasteiger partial charge is 0.329 e. The second-order valence-corrected chi connectivity index (χ2v) is 3.88. The lowest BCUT2D eigenvalue weighted by Crippen LogP contribution is -2.28. The number of fused-ring (bicyclic) bond motifs is 1. The van der Waals surface area contributed by atoms with Crippen LogP contribution in [0, 0.1) is 0 Å². The van der Waals surface area contributed by atoms with E-state index in [-0.39, 0.29) is 18.4 Å². The Kier molecular flexibility index (Phi) is 2.80. The van der Waals surface area contributed by atoms with Crippen LogP contribution in [0.3, 0.4) is 0 Å². The van der Waals surface area contributed by atoms with Crippen molar-refractivity contribution in [2.75, 3.05) is 6.61 Å². The van der Waals surface area contributed by atoms with Gasteiger partial charge in [-0.1, -0.05) is 6.07 Å². The van der Waals surface area contributed by atoms with Crippen molar-refractivity contribution in [1.82, 2.24) is 0 Å². The van der Waals surface area contributed by atoms with Gasteiger partial charge in [0.15, 0.2) is 0 Å². The number of carboxylic acid groups (broad SMARTS) is 1. The number of phenols is 1. The Morgan fingerprint density at radius 1 is 1.56 bits per heavy atom. The molecule has 0 fully saturated rings. The number of benzene rings is 1. The summed E-state index contributed by atoms with van der Waals surface area (Å²) in [6.45, 7) is -0.381. The van der Waals surface area contributed by atoms with Gasteiger partial charge in [0.05, 0.1) is 6.10 Å². The van der Waals surface area contributed by atoms with Crippen molar-refractivity contribution >= 4 is 5.97 Å². The number of rotatable bonds is 3. The van der Waals surface area contributed by atoms with Crippen molar-refractivity contribution in [3.63, 3.8) is 0 Å². The number of carbonyl (C=O) groups is 1. The highest BCUT2D eigenvalue weighted by molar-refractivity contribution is 5.68. The zero-order chi connectivity index (χ0) is 11.7. The van der Waals surface area contributed by atoms with Crippen LogP contribution in [0.25, 0.3) is 0 Å². The Labute approximate surface area is 92.5 Å². The summed E-state index contributed by atoms with van der Waals surface area (Å²) in [6, 6.07) is 4.70. The summed E-state index contributed by atoms with van der Waals surface area (Å²) in [5.74, 6) is -0.891.